The third kappa shape index (κ3) is 3.53. The Morgan fingerprint density at radius 2 is 1.87 bits per heavy atom. The molecule has 0 aromatic heterocycles. The standard InChI is InChI=1S/C14H13F6NO2/c1-2-7(10-6-21-12(22)23-10)8-4-3-5-9(13(15,16)17)11(8)14(18,19)20/h3-5,7,10H,2,6H2,1H3,(H,21,22). The number of cyclic esters (lactones) is 1. The normalized spacial score (nSPS) is 20.1. The second-order valence-electron chi connectivity index (χ2n) is 5.10. The quantitative estimate of drug-likeness (QED) is 0.831. The zero-order valence-electron chi connectivity index (χ0n) is 11.9. The summed E-state index contributed by atoms with van der Waals surface area (Å²) in [6.45, 7) is 1.47. The Hall–Kier alpha value is -1.93. The maximum atomic E-state index is 13.3. The van der Waals surface area contributed by atoms with Gasteiger partial charge in [0.2, 0.25) is 0 Å². The van der Waals surface area contributed by atoms with Crippen molar-refractivity contribution in [1.29, 1.82) is 0 Å². The summed E-state index contributed by atoms with van der Waals surface area (Å²) in [5.74, 6) is -0.993. The molecular weight excluding hydrogens is 328 g/mol. The van der Waals surface area contributed by atoms with Crippen LogP contribution in [0.2, 0.25) is 0 Å². The van der Waals surface area contributed by atoms with Crippen LogP contribution in [0.1, 0.15) is 36.0 Å². The number of carbonyl (C=O) groups excluding carboxylic acids is 1. The first-order valence-electron chi connectivity index (χ1n) is 6.77. The van der Waals surface area contributed by atoms with Gasteiger partial charge in [0.25, 0.3) is 0 Å². The van der Waals surface area contributed by atoms with Gasteiger partial charge in [-0.1, -0.05) is 19.1 Å². The molecule has 1 aliphatic rings. The van der Waals surface area contributed by atoms with Gasteiger partial charge < -0.3 is 10.1 Å². The third-order valence-corrected chi connectivity index (χ3v) is 3.68. The Morgan fingerprint density at radius 1 is 1.22 bits per heavy atom. The number of rotatable bonds is 3. The van der Waals surface area contributed by atoms with Gasteiger partial charge in [-0.05, 0) is 18.1 Å². The van der Waals surface area contributed by atoms with E-state index in [-0.39, 0.29) is 13.0 Å². The van der Waals surface area contributed by atoms with E-state index in [1.165, 1.54) is 6.92 Å². The molecule has 1 saturated heterocycles. The topological polar surface area (TPSA) is 38.3 Å². The van der Waals surface area contributed by atoms with E-state index in [1.807, 2.05) is 0 Å². The number of ether oxygens (including phenoxy) is 1. The van der Waals surface area contributed by atoms with Crippen molar-refractivity contribution in [3.05, 3.63) is 34.9 Å². The molecule has 128 valence electrons. The summed E-state index contributed by atoms with van der Waals surface area (Å²) in [4.78, 5) is 11.1. The van der Waals surface area contributed by atoms with Crippen molar-refractivity contribution in [2.45, 2.75) is 37.7 Å². The number of nitrogens with one attached hydrogen (secondary N) is 1. The minimum absolute atomic E-state index is 0.0507. The summed E-state index contributed by atoms with van der Waals surface area (Å²) >= 11 is 0. The first kappa shape index (κ1) is 17.4. The molecule has 1 aliphatic heterocycles. The van der Waals surface area contributed by atoms with E-state index >= 15 is 0 Å². The van der Waals surface area contributed by atoms with Gasteiger partial charge in [0, 0.05) is 5.92 Å². The Kier molecular flexibility index (Phi) is 4.50. The molecule has 23 heavy (non-hydrogen) atoms. The van der Waals surface area contributed by atoms with Crippen LogP contribution >= 0.6 is 0 Å². The Balaban J connectivity index is 2.59. The van der Waals surface area contributed by atoms with E-state index in [4.69, 9.17) is 4.74 Å². The van der Waals surface area contributed by atoms with Gasteiger partial charge in [-0.25, -0.2) is 4.79 Å². The molecule has 2 unspecified atom stereocenters. The molecule has 1 heterocycles. The van der Waals surface area contributed by atoms with Gasteiger partial charge in [-0.2, -0.15) is 26.3 Å². The molecule has 0 radical (unpaired) electrons. The van der Waals surface area contributed by atoms with E-state index in [1.54, 1.807) is 0 Å². The summed E-state index contributed by atoms with van der Waals surface area (Å²) in [7, 11) is 0. The number of alkyl halides is 6. The summed E-state index contributed by atoms with van der Waals surface area (Å²) in [5.41, 5.74) is -3.98. The van der Waals surface area contributed by atoms with Gasteiger partial charge in [0.15, 0.2) is 0 Å². The molecular formula is C14H13F6NO2. The molecule has 2 rings (SSSR count). The lowest BCUT2D eigenvalue weighted by molar-refractivity contribution is -0.162. The molecule has 1 N–H and O–H groups in total. The number of hydrogen-bond acceptors (Lipinski definition) is 2. The molecule has 1 aromatic rings. The molecule has 3 nitrogen and oxygen atoms in total. The number of carbonyl (C=O) groups is 1. The van der Waals surface area contributed by atoms with Crippen LogP contribution in [-0.2, 0) is 17.1 Å². The van der Waals surface area contributed by atoms with Crippen LogP contribution in [0.5, 0.6) is 0 Å². The second-order valence-corrected chi connectivity index (χ2v) is 5.10. The fourth-order valence-electron chi connectivity index (χ4n) is 2.74. The summed E-state index contributed by atoms with van der Waals surface area (Å²) in [6.07, 6.45) is -12.0. The minimum Gasteiger partial charge on any atom is -0.444 e. The number of alkyl carbamates (subject to hydrolysis) is 1. The highest BCUT2D eigenvalue weighted by atomic mass is 19.4. The lowest BCUT2D eigenvalue weighted by Crippen LogP contribution is -2.27. The van der Waals surface area contributed by atoms with Gasteiger partial charge in [0.1, 0.15) is 6.10 Å². The van der Waals surface area contributed by atoms with Crippen molar-refractivity contribution in [2.75, 3.05) is 6.54 Å². The van der Waals surface area contributed by atoms with Crippen LogP contribution in [0.25, 0.3) is 0 Å². The SMILES string of the molecule is CCC(c1cccc(C(F)(F)F)c1C(F)(F)F)C1CNC(=O)O1. The predicted molar refractivity (Wildman–Crippen MR) is 67.7 cm³/mol. The smallest absolute Gasteiger partial charge is 0.417 e. The van der Waals surface area contributed by atoms with E-state index in [2.05, 4.69) is 5.32 Å². The zero-order chi connectivity index (χ0) is 17.4. The highest BCUT2D eigenvalue weighted by Crippen LogP contribution is 2.45. The highest BCUT2D eigenvalue weighted by molar-refractivity contribution is 5.69. The van der Waals surface area contributed by atoms with Crippen LogP contribution in [0.3, 0.4) is 0 Å². The van der Waals surface area contributed by atoms with Crippen molar-refractivity contribution in [3.63, 3.8) is 0 Å². The first-order valence-corrected chi connectivity index (χ1v) is 6.77. The molecule has 2 atom stereocenters. The molecule has 0 spiro atoms. The van der Waals surface area contributed by atoms with Crippen molar-refractivity contribution >= 4 is 6.09 Å². The summed E-state index contributed by atoms with van der Waals surface area (Å²) in [5, 5.41) is 2.29. The number of benzene rings is 1. The van der Waals surface area contributed by atoms with Gasteiger partial charge in [0.05, 0.1) is 17.7 Å². The monoisotopic (exact) mass is 341 g/mol. The van der Waals surface area contributed by atoms with Gasteiger partial charge in [-0.15, -0.1) is 0 Å². The van der Waals surface area contributed by atoms with Gasteiger partial charge >= 0.3 is 18.4 Å². The lowest BCUT2D eigenvalue weighted by Gasteiger charge is -2.26. The zero-order valence-corrected chi connectivity index (χ0v) is 11.9. The maximum absolute atomic E-state index is 13.3. The molecule has 0 bridgehead atoms. The summed E-state index contributed by atoms with van der Waals surface area (Å²) < 4.78 is 83.6. The average Bonchev–Trinajstić information content (AvgIpc) is 2.83. The van der Waals surface area contributed by atoms with Crippen LogP contribution in [0, 0.1) is 0 Å². The van der Waals surface area contributed by atoms with Crippen LogP contribution in [0.4, 0.5) is 31.1 Å². The Bertz CT molecular complexity index is 596. The van der Waals surface area contributed by atoms with E-state index in [9.17, 15) is 31.1 Å². The molecule has 1 aromatic carbocycles. The summed E-state index contributed by atoms with van der Waals surface area (Å²) in [6, 6.07) is 2.33. The molecule has 1 fully saturated rings. The van der Waals surface area contributed by atoms with Crippen molar-refractivity contribution < 1.29 is 35.9 Å². The maximum Gasteiger partial charge on any atom is 0.417 e. The van der Waals surface area contributed by atoms with E-state index in [0.29, 0.717) is 6.07 Å². The largest absolute Gasteiger partial charge is 0.444 e. The second kappa shape index (κ2) is 5.93. The fourth-order valence-corrected chi connectivity index (χ4v) is 2.74. The predicted octanol–water partition coefficient (Wildman–Crippen LogP) is 4.33. The van der Waals surface area contributed by atoms with E-state index in [0.717, 1.165) is 12.1 Å². The van der Waals surface area contributed by atoms with Crippen molar-refractivity contribution in [1.82, 2.24) is 5.32 Å². The molecule has 9 heteroatoms. The number of amides is 1. The minimum atomic E-state index is -5.18. The highest BCUT2D eigenvalue weighted by Gasteiger charge is 2.46. The van der Waals surface area contributed by atoms with Crippen LogP contribution in [-0.4, -0.2) is 18.7 Å². The molecule has 0 aliphatic carbocycles. The van der Waals surface area contributed by atoms with Crippen molar-refractivity contribution in [2.24, 2.45) is 0 Å². The molecule has 1 amide bonds. The Labute approximate surface area is 127 Å². The van der Waals surface area contributed by atoms with Gasteiger partial charge in [-0.3, -0.25) is 0 Å². The molecule has 0 saturated carbocycles. The number of hydrogen-bond donors (Lipinski definition) is 1. The average molecular weight is 341 g/mol. The van der Waals surface area contributed by atoms with Crippen LogP contribution < -0.4 is 5.32 Å². The van der Waals surface area contributed by atoms with Crippen LogP contribution in [0.15, 0.2) is 18.2 Å². The van der Waals surface area contributed by atoms with E-state index < -0.39 is 47.2 Å². The number of halogens is 6. The lowest BCUT2D eigenvalue weighted by atomic mass is 9.85. The Morgan fingerprint density at radius 3 is 2.30 bits per heavy atom. The fraction of sp³-hybridized carbons (Fsp3) is 0.500. The third-order valence-electron chi connectivity index (χ3n) is 3.68. The first-order chi connectivity index (χ1) is 10.6. The van der Waals surface area contributed by atoms with Crippen molar-refractivity contribution in [3.8, 4) is 0 Å².